The largest absolute Gasteiger partial charge is 0.477 e. The minimum atomic E-state index is -1.04. The maximum atomic E-state index is 12.3. The molecule has 0 fully saturated rings. The number of carboxylic acid groups (broad SMARTS) is 1. The maximum absolute atomic E-state index is 12.3. The monoisotopic (exact) mass is 280 g/mol. The van der Waals surface area contributed by atoms with Crippen LogP contribution in [0.1, 0.15) is 65.7 Å². The van der Waals surface area contributed by atoms with Crippen LogP contribution in [0.3, 0.4) is 0 Å². The van der Waals surface area contributed by atoms with Gasteiger partial charge in [-0.05, 0) is 32.3 Å². The van der Waals surface area contributed by atoms with Crippen molar-refractivity contribution in [3.05, 3.63) is 22.5 Å². The van der Waals surface area contributed by atoms with E-state index in [-0.39, 0.29) is 17.6 Å². The lowest BCUT2D eigenvalue weighted by atomic mass is 9.95. The molecule has 0 aromatic carbocycles. The average Bonchev–Trinajstić information content (AvgIpc) is 2.66. The van der Waals surface area contributed by atoms with Crippen molar-refractivity contribution in [2.45, 2.75) is 53.5 Å². The van der Waals surface area contributed by atoms with Gasteiger partial charge in [-0.25, -0.2) is 4.79 Å². The highest BCUT2D eigenvalue weighted by Crippen LogP contribution is 2.19. The molecule has 5 heteroatoms. The molecule has 0 aliphatic carbocycles. The van der Waals surface area contributed by atoms with Gasteiger partial charge >= 0.3 is 5.97 Å². The predicted molar refractivity (Wildman–Crippen MR) is 78.2 cm³/mol. The standard InChI is InChI=1S/C15H24N2O3/c1-6-11(7-2)9(4)17-14(18)12-8(3)13(15(19)20)16-10(12)5/h9,11,16H,6-7H2,1-5H3,(H,17,18)(H,19,20). The van der Waals surface area contributed by atoms with E-state index < -0.39 is 5.97 Å². The average molecular weight is 280 g/mol. The number of carbonyl (C=O) groups excluding carboxylic acids is 1. The summed E-state index contributed by atoms with van der Waals surface area (Å²) in [6.45, 7) is 9.57. The molecule has 0 bridgehead atoms. The molecule has 5 nitrogen and oxygen atoms in total. The highest BCUT2D eigenvalue weighted by atomic mass is 16.4. The Balaban J connectivity index is 2.96. The van der Waals surface area contributed by atoms with E-state index >= 15 is 0 Å². The molecular formula is C15H24N2O3. The van der Waals surface area contributed by atoms with Gasteiger partial charge in [-0.15, -0.1) is 0 Å². The number of amides is 1. The molecule has 0 spiro atoms. The first-order valence-electron chi connectivity index (χ1n) is 7.06. The summed E-state index contributed by atoms with van der Waals surface area (Å²) >= 11 is 0. The molecule has 1 heterocycles. The van der Waals surface area contributed by atoms with E-state index in [1.54, 1.807) is 13.8 Å². The lowest BCUT2D eigenvalue weighted by molar-refractivity contribution is 0.0690. The van der Waals surface area contributed by atoms with Crippen LogP contribution in [0.25, 0.3) is 0 Å². The molecule has 0 radical (unpaired) electrons. The summed E-state index contributed by atoms with van der Waals surface area (Å²) in [7, 11) is 0. The van der Waals surface area contributed by atoms with Crippen LogP contribution in [0.2, 0.25) is 0 Å². The number of aromatic carboxylic acids is 1. The number of carboxylic acids is 1. The molecule has 0 saturated heterocycles. The van der Waals surface area contributed by atoms with E-state index in [2.05, 4.69) is 24.1 Å². The Morgan fingerprint density at radius 2 is 1.80 bits per heavy atom. The third-order valence-electron chi connectivity index (χ3n) is 3.99. The summed E-state index contributed by atoms with van der Waals surface area (Å²) in [6.07, 6.45) is 2.01. The minimum Gasteiger partial charge on any atom is -0.477 e. The zero-order valence-corrected chi connectivity index (χ0v) is 12.8. The van der Waals surface area contributed by atoms with Crippen LogP contribution in [-0.4, -0.2) is 28.0 Å². The van der Waals surface area contributed by atoms with Crippen molar-refractivity contribution in [3.63, 3.8) is 0 Å². The number of aromatic amines is 1. The summed E-state index contributed by atoms with van der Waals surface area (Å²) in [5.41, 5.74) is 1.61. The molecule has 112 valence electrons. The van der Waals surface area contributed by atoms with Crippen LogP contribution < -0.4 is 5.32 Å². The van der Waals surface area contributed by atoms with Gasteiger partial charge in [0.2, 0.25) is 0 Å². The van der Waals surface area contributed by atoms with Gasteiger partial charge in [-0.1, -0.05) is 26.7 Å². The van der Waals surface area contributed by atoms with Crippen molar-refractivity contribution in [1.29, 1.82) is 0 Å². The van der Waals surface area contributed by atoms with Crippen molar-refractivity contribution in [2.75, 3.05) is 0 Å². The Kier molecular flexibility index (Phi) is 5.36. The summed E-state index contributed by atoms with van der Waals surface area (Å²) in [4.78, 5) is 26.2. The Bertz CT molecular complexity index is 501. The van der Waals surface area contributed by atoms with Crippen LogP contribution >= 0.6 is 0 Å². The molecule has 1 atom stereocenters. The number of hydrogen-bond acceptors (Lipinski definition) is 2. The Labute approximate surface area is 119 Å². The molecule has 0 saturated carbocycles. The zero-order valence-electron chi connectivity index (χ0n) is 12.8. The van der Waals surface area contributed by atoms with Gasteiger partial charge in [-0.2, -0.15) is 0 Å². The van der Waals surface area contributed by atoms with Gasteiger partial charge in [0, 0.05) is 11.7 Å². The van der Waals surface area contributed by atoms with Crippen molar-refractivity contribution in [2.24, 2.45) is 5.92 Å². The number of nitrogens with one attached hydrogen (secondary N) is 2. The maximum Gasteiger partial charge on any atom is 0.352 e. The van der Waals surface area contributed by atoms with Crippen molar-refractivity contribution in [1.82, 2.24) is 10.3 Å². The first-order valence-corrected chi connectivity index (χ1v) is 7.06. The fourth-order valence-corrected chi connectivity index (χ4v) is 2.70. The fourth-order valence-electron chi connectivity index (χ4n) is 2.70. The van der Waals surface area contributed by atoms with Gasteiger partial charge in [-0.3, -0.25) is 4.79 Å². The Morgan fingerprint density at radius 1 is 1.25 bits per heavy atom. The van der Waals surface area contributed by atoms with Crippen molar-refractivity contribution < 1.29 is 14.7 Å². The van der Waals surface area contributed by atoms with Gasteiger partial charge in [0.25, 0.3) is 5.91 Å². The number of carbonyl (C=O) groups is 2. The molecule has 1 aromatic heterocycles. The third-order valence-corrected chi connectivity index (χ3v) is 3.99. The highest BCUT2D eigenvalue weighted by Gasteiger charge is 2.23. The quantitative estimate of drug-likeness (QED) is 0.749. The zero-order chi connectivity index (χ0) is 15.4. The molecule has 1 rings (SSSR count). The lowest BCUT2D eigenvalue weighted by Crippen LogP contribution is -2.38. The number of rotatable bonds is 6. The Hall–Kier alpha value is -1.78. The molecule has 0 aliphatic rings. The van der Waals surface area contributed by atoms with Gasteiger partial charge in [0.15, 0.2) is 0 Å². The third kappa shape index (κ3) is 3.21. The topological polar surface area (TPSA) is 82.2 Å². The van der Waals surface area contributed by atoms with E-state index in [1.165, 1.54) is 0 Å². The van der Waals surface area contributed by atoms with Crippen LogP contribution in [0, 0.1) is 19.8 Å². The summed E-state index contributed by atoms with van der Waals surface area (Å²) < 4.78 is 0. The van der Waals surface area contributed by atoms with Gasteiger partial charge in [0.1, 0.15) is 5.69 Å². The van der Waals surface area contributed by atoms with Crippen LogP contribution in [0.4, 0.5) is 0 Å². The SMILES string of the molecule is CCC(CC)C(C)NC(=O)c1c(C)[nH]c(C(=O)O)c1C. The number of aromatic nitrogens is 1. The molecule has 1 unspecified atom stereocenters. The lowest BCUT2D eigenvalue weighted by Gasteiger charge is -2.22. The second-order valence-corrected chi connectivity index (χ2v) is 5.27. The minimum absolute atomic E-state index is 0.0690. The van der Waals surface area contributed by atoms with E-state index in [1.807, 2.05) is 6.92 Å². The fraction of sp³-hybridized carbons (Fsp3) is 0.600. The van der Waals surface area contributed by atoms with Crippen molar-refractivity contribution in [3.8, 4) is 0 Å². The number of hydrogen-bond donors (Lipinski definition) is 3. The van der Waals surface area contributed by atoms with E-state index in [9.17, 15) is 9.59 Å². The van der Waals surface area contributed by atoms with Crippen molar-refractivity contribution >= 4 is 11.9 Å². The Morgan fingerprint density at radius 3 is 2.20 bits per heavy atom. The second-order valence-electron chi connectivity index (χ2n) is 5.27. The normalized spacial score (nSPS) is 12.5. The second kappa shape index (κ2) is 6.59. The molecule has 0 aliphatic heterocycles. The summed E-state index contributed by atoms with van der Waals surface area (Å²) in [5.74, 6) is -0.821. The van der Waals surface area contributed by atoms with Gasteiger partial charge in [0.05, 0.1) is 5.56 Å². The molecule has 20 heavy (non-hydrogen) atoms. The van der Waals surface area contributed by atoms with Gasteiger partial charge < -0.3 is 15.4 Å². The highest BCUT2D eigenvalue weighted by molar-refractivity contribution is 6.00. The van der Waals surface area contributed by atoms with E-state index in [0.29, 0.717) is 22.7 Å². The van der Waals surface area contributed by atoms with E-state index in [4.69, 9.17) is 5.11 Å². The van der Waals surface area contributed by atoms with Crippen LogP contribution in [0.5, 0.6) is 0 Å². The summed E-state index contributed by atoms with van der Waals surface area (Å²) in [5, 5.41) is 12.0. The first kappa shape index (κ1) is 16.3. The van der Waals surface area contributed by atoms with Crippen LogP contribution in [0.15, 0.2) is 0 Å². The predicted octanol–water partition coefficient (Wildman–Crippen LogP) is 2.88. The van der Waals surface area contributed by atoms with E-state index in [0.717, 1.165) is 12.8 Å². The smallest absolute Gasteiger partial charge is 0.352 e. The molecule has 1 aromatic rings. The molecule has 3 N–H and O–H groups in total. The number of H-pyrrole nitrogens is 1. The first-order chi connectivity index (χ1) is 9.33. The summed E-state index contributed by atoms with van der Waals surface area (Å²) in [6, 6.07) is 0.0690. The molecular weight excluding hydrogens is 256 g/mol. The molecule has 1 amide bonds. The van der Waals surface area contributed by atoms with Crippen LogP contribution in [-0.2, 0) is 0 Å². The number of aryl methyl sites for hydroxylation is 1.